The first-order valence-electron chi connectivity index (χ1n) is 7.13. The zero-order chi connectivity index (χ0) is 15.0. The Kier molecular flexibility index (Phi) is 3.68. The van der Waals surface area contributed by atoms with Crippen LogP contribution in [-0.2, 0) is 6.54 Å². The fraction of sp³-hybridized carbons (Fsp3) is 0.500. The Morgan fingerprint density at radius 3 is 2.43 bits per heavy atom. The van der Waals surface area contributed by atoms with Crippen molar-refractivity contribution in [2.24, 2.45) is 0 Å². The van der Waals surface area contributed by atoms with Gasteiger partial charge < -0.3 is 23.9 Å². The molecule has 1 aliphatic carbocycles. The summed E-state index contributed by atoms with van der Waals surface area (Å²) in [6.07, 6.45) is 2.51. The number of methoxy groups -OCH3 is 3. The molecule has 5 heteroatoms. The van der Waals surface area contributed by atoms with Crippen molar-refractivity contribution in [3.05, 3.63) is 17.4 Å². The van der Waals surface area contributed by atoms with Gasteiger partial charge in [-0.3, -0.25) is 0 Å². The average Bonchev–Trinajstić information content (AvgIpc) is 3.28. The highest BCUT2D eigenvalue weighted by molar-refractivity contribution is 5.93. The molecule has 1 aromatic carbocycles. The maximum Gasteiger partial charge on any atom is 0.204 e. The number of hydrogen-bond acceptors (Lipinski definition) is 5. The molecule has 1 heterocycles. The van der Waals surface area contributed by atoms with Crippen molar-refractivity contribution >= 4 is 11.0 Å². The largest absolute Gasteiger partial charge is 0.493 e. The molecule has 0 atom stereocenters. The number of nitrogens with one attached hydrogen (secondary N) is 1. The van der Waals surface area contributed by atoms with E-state index in [9.17, 15) is 0 Å². The minimum atomic E-state index is 0.595. The van der Waals surface area contributed by atoms with Crippen LogP contribution in [0.4, 0.5) is 0 Å². The maximum atomic E-state index is 5.98. The van der Waals surface area contributed by atoms with Gasteiger partial charge in [0, 0.05) is 17.7 Å². The van der Waals surface area contributed by atoms with Gasteiger partial charge in [0.15, 0.2) is 11.5 Å². The molecule has 0 unspecified atom stereocenters. The second kappa shape index (κ2) is 5.48. The second-order valence-corrected chi connectivity index (χ2v) is 5.32. The number of ether oxygens (including phenoxy) is 3. The van der Waals surface area contributed by atoms with E-state index in [1.807, 2.05) is 13.0 Å². The fourth-order valence-corrected chi connectivity index (χ4v) is 2.61. The van der Waals surface area contributed by atoms with Gasteiger partial charge in [-0.05, 0) is 19.8 Å². The number of fused-ring (bicyclic) bond motifs is 1. The van der Waals surface area contributed by atoms with Gasteiger partial charge in [-0.15, -0.1) is 0 Å². The number of rotatable bonds is 6. The molecule has 0 bridgehead atoms. The molecule has 0 amide bonds. The van der Waals surface area contributed by atoms with Crippen LogP contribution in [0, 0.1) is 6.92 Å². The Morgan fingerprint density at radius 1 is 1.14 bits per heavy atom. The minimum absolute atomic E-state index is 0.595. The van der Waals surface area contributed by atoms with Crippen molar-refractivity contribution in [1.29, 1.82) is 0 Å². The third kappa shape index (κ3) is 2.42. The molecule has 5 nitrogen and oxygen atoms in total. The highest BCUT2D eigenvalue weighted by atomic mass is 16.5. The van der Waals surface area contributed by atoms with E-state index in [0.717, 1.165) is 28.8 Å². The van der Waals surface area contributed by atoms with Crippen molar-refractivity contribution in [1.82, 2.24) is 5.32 Å². The van der Waals surface area contributed by atoms with E-state index < -0.39 is 0 Å². The first-order valence-corrected chi connectivity index (χ1v) is 7.13. The van der Waals surface area contributed by atoms with Crippen molar-refractivity contribution < 1.29 is 18.6 Å². The lowest BCUT2D eigenvalue weighted by molar-refractivity contribution is 0.326. The second-order valence-electron chi connectivity index (χ2n) is 5.32. The topological polar surface area (TPSA) is 52.9 Å². The SMILES string of the molecule is COc1cc2oc(CNC3CC3)c(C)c2c(OC)c1OC. The Balaban J connectivity index is 2.10. The Hall–Kier alpha value is -1.88. The van der Waals surface area contributed by atoms with Gasteiger partial charge in [0.1, 0.15) is 11.3 Å². The van der Waals surface area contributed by atoms with Crippen molar-refractivity contribution in [2.75, 3.05) is 21.3 Å². The molecule has 1 aromatic heterocycles. The van der Waals surface area contributed by atoms with Crippen LogP contribution in [0.1, 0.15) is 24.2 Å². The van der Waals surface area contributed by atoms with Gasteiger partial charge in [-0.25, -0.2) is 0 Å². The molecule has 1 fully saturated rings. The standard InChI is InChI=1S/C16H21NO4/c1-9-13(8-17-10-5-6-10)21-11-7-12(18-2)15(19-3)16(20-4)14(9)11/h7,10,17H,5-6,8H2,1-4H3. The lowest BCUT2D eigenvalue weighted by Crippen LogP contribution is -2.15. The van der Waals surface area contributed by atoms with Gasteiger partial charge in [0.2, 0.25) is 5.75 Å². The van der Waals surface area contributed by atoms with Crippen molar-refractivity contribution in [3.63, 3.8) is 0 Å². The summed E-state index contributed by atoms with van der Waals surface area (Å²) in [6.45, 7) is 2.78. The third-order valence-corrected chi connectivity index (χ3v) is 3.95. The summed E-state index contributed by atoms with van der Waals surface area (Å²) in [5.74, 6) is 2.80. The molecule has 114 valence electrons. The van der Waals surface area contributed by atoms with E-state index in [0.29, 0.717) is 23.3 Å². The highest BCUT2D eigenvalue weighted by Gasteiger charge is 2.24. The number of furan rings is 1. The molecular formula is C16H21NO4. The Bertz CT molecular complexity index is 658. The third-order valence-electron chi connectivity index (χ3n) is 3.95. The Labute approximate surface area is 124 Å². The van der Waals surface area contributed by atoms with Gasteiger partial charge in [-0.2, -0.15) is 0 Å². The molecule has 0 radical (unpaired) electrons. The molecule has 0 saturated heterocycles. The molecular weight excluding hydrogens is 270 g/mol. The van der Waals surface area contributed by atoms with Crippen LogP contribution in [0.3, 0.4) is 0 Å². The van der Waals surface area contributed by atoms with Crippen LogP contribution in [0.25, 0.3) is 11.0 Å². The van der Waals surface area contributed by atoms with Gasteiger partial charge >= 0.3 is 0 Å². The van der Waals surface area contributed by atoms with E-state index >= 15 is 0 Å². The van der Waals surface area contributed by atoms with Crippen molar-refractivity contribution in [2.45, 2.75) is 32.4 Å². The monoisotopic (exact) mass is 291 g/mol. The average molecular weight is 291 g/mol. The highest BCUT2D eigenvalue weighted by Crippen LogP contribution is 2.46. The van der Waals surface area contributed by atoms with Crippen LogP contribution in [0.15, 0.2) is 10.5 Å². The van der Waals surface area contributed by atoms with Crippen LogP contribution in [0.2, 0.25) is 0 Å². The molecule has 1 aliphatic rings. The van der Waals surface area contributed by atoms with Gasteiger partial charge in [0.05, 0.1) is 33.3 Å². The lowest BCUT2D eigenvalue weighted by atomic mass is 10.1. The first-order chi connectivity index (χ1) is 10.2. The summed E-state index contributed by atoms with van der Waals surface area (Å²) < 4.78 is 22.3. The van der Waals surface area contributed by atoms with E-state index in [4.69, 9.17) is 18.6 Å². The van der Waals surface area contributed by atoms with E-state index in [1.165, 1.54) is 12.8 Å². The number of aryl methyl sites for hydroxylation is 1. The summed E-state index contributed by atoms with van der Waals surface area (Å²) in [6, 6.07) is 2.49. The van der Waals surface area contributed by atoms with E-state index in [-0.39, 0.29) is 0 Å². The van der Waals surface area contributed by atoms with Crippen LogP contribution in [0.5, 0.6) is 17.2 Å². The summed E-state index contributed by atoms with van der Waals surface area (Å²) in [4.78, 5) is 0. The predicted molar refractivity (Wildman–Crippen MR) is 80.5 cm³/mol. The maximum absolute atomic E-state index is 5.98. The van der Waals surface area contributed by atoms with Crippen molar-refractivity contribution in [3.8, 4) is 17.2 Å². The summed E-state index contributed by atoms with van der Waals surface area (Å²) in [7, 11) is 4.84. The quantitative estimate of drug-likeness (QED) is 0.886. The number of hydrogen-bond donors (Lipinski definition) is 1. The Morgan fingerprint density at radius 2 is 1.86 bits per heavy atom. The molecule has 1 N–H and O–H groups in total. The first kappa shape index (κ1) is 14.1. The van der Waals surface area contributed by atoms with Crippen LogP contribution < -0.4 is 19.5 Å². The molecule has 3 rings (SSSR count). The van der Waals surface area contributed by atoms with Crippen LogP contribution in [-0.4, -0.2) is 27.4 Å². The number of benzene rings is 1. The predicted octanol–water partition coefficient (Wildman–Crippen LogP) is 3.02. The normalized spacial score (nSPS) is 14.5. The lowest BCUT2D eigenvalue weighted by Gasteiger charge is -2.12. The smallest absolute Gasteiger partial charge is 0.204 e. The molecule has 2 aromatic rings. The van der Waals surface area contributed by atoms with Gasteiger partial charge in [-0.1, -0.05) is 0 Å². The molecule has 0 spiro atoms. The zero-order valence-corrected chi connectivity index (χ0v) is 12.9. The fourth-order valence-electron chi connectivity index (χ4n) is 2.61. The van der Waals surface area contributed by atoms with E-state index in [2.05, 4.69) is 5.32 Å². The molecule has 1 saturated carbocycles. The summed E-state index contributed by atoms with van der Waals surface area (Å²) in [5.41, 5.74) is 1.84. The minimum Gasteiger partial charge on any atom is -0.493 e. The van der Waals surface area contributed by atoms with E-state index in [1.54, 1.807) is 21.3 Å². The summed E-state index contributed by atoms with van der Waals surface area (Å²) >= 11 is 0. The molecule has 0 aliphatic heterocycles. The molecule has 21 heavy (non-hydrogen) atoms. The van der Waals surface area contributed by atoms with Crippen LogP contribution >= 0.6 is 0 Å². The van der Waals surface area contributed by atoms with Gasteiger partial charge in [0.25, 0.3) is 0 Å². The summed E-state index contributed by atoms with van der Waals surface area (Å²) in [5, 5.41) is 4.42. The zero-order valence-electron chi connectivity index (χ0n) is 12.9.